The van der Waals surface area contributed by atoms with Crippen molar-refractivity contribution in [3.05, 3.63) is 35.5 Å². The topological polar surface area (TPSA) is 73.9 Å². The van der Waals surface area contributed by atoms with Gasteiger partial charge in [0.2, 0.25) is 0 Å². The fourth-order valence-electron chi connectivity index (χ4n) is 2.22. The Morgan fingerprint density at radius 2 is 2.19 bits per heavy atom. The molecule has 0 atom stereocenters. The third-order valence-corrected chi connectivity index (χ3v) is 3.67. The number of benzene rings is 1. The molecule has 0 amide bonds. The molecule has 0 saturated carbocycles. The molecule has 1 aliphatic heterocycles. The van der Waals surface area contributed by atoms with Crippen molar-refractivity contribution in [2.75, 3.05) is 31.5 Å². The number of phenols is 1. The van der Waals surface area contributed by atoms with Crippen molar-refractivity contribution in [2.24, 2.45) is 10.7 Å². The van der Waals surface area contributed by atoms with Crippen molar-refractivity contribution in [2.45, 2.75) is 12.8 Å². The molecular weight excluding hydrogens is 288 g/mol. The van der Waals surface area contributed by atoms with E-state index < -0.39 is 0 Å². The number of likely N-dealkylation sites (tertiary alicyclic amines) is 1. The van der Waals surface area contributed by atoms with Gasteiger partial charge in [-0.3, -0.25) is 4.99 Å². The Hall–Kier alpha value is -1.72. The standard InChI is InChI=1S/C15H21ClN4O/c16-13-11-12(21)3-4-14(13)18-6-5-15(17)19-7-10-20-8-1-2-9-20/h3-6,11,18,21H,1-2,7-10H2,(H2,17,19)/b6-5-. The molecule has 2 rings (SSSR count). The number of aliphatic imine (C=N–C) groups is 1. The number of nitrogens with one attached hydrogen (secondary N) is 1. The molecule has 0 bridgehead atoms. The summed E-state index contributed by atoms with van der Waals surface area (Å²) in [6.45, 7) is 4.03. The van der Waals surface area contributed by atoms with Crippen LogP contribution in [0.2, 0.25) is 5.02 Å². The van der Waals surface area contributed by atoms with Gasteiger partial charge in [0.1, 0.15) is 11.6 Å². The molecule has 0 unspecified atom stereocenters. The van der Waals surface area contributed by atoms with E-state index in [1.54, 1.807) is 24.4 Å². The maximum atomic E-state index is 9.26. The molecule has 4 N–H and O–H groups in total. The van der Waals surface area contributed by atoms with E-state index in [4.69, 9.17) is 17.3 Å². The minimum atomic E-state index is 0.137. The maximum Gasteiger partial charge on any atom is 0.119 e. The monoisotopic (exact) mass is 308 g/mol. The lowest BCUT2D eigenvalue weighted by Gasteiger charge is -2.11. The number of halogens is 1. The van der Waals surface area contributed by atoms with Gasteiger partial charge in [-0.25, -0.2) is 0 Å². The lowest BCUT2D eigenvalue weighted by Crippen LogP contribution is -2.23. The number of nitrogens with two attached hydrogens (primary N) is 1. The van der Waals surface area contributed by atoms with Gasteiger partial charge in [0.05, 0.1) is 17.3 Å². The second-order valence-corrected chi connectivity index (χ2v) is 5.40. The lowest BCUT2D eigenvalue weighted by atomic mass is 10.3. The number of anilines is 1. The number of phenolic OH excluding ortho intramolecular Hbond substituents is 1. The van der Waals surface area contributed by atoms with Crippen LogP contribution in [0.5, 0.6) is 5.75 Å². The molecule has 21 heavy (non-hydrogen) atoms. The quantitative estimate of drug-likeness (QED) is 0.429. The van der Waals surface area contributed by atoms with E-state index in [0.717, 1.165) is 13.1 Å². The highest BCUT2D eigenvalue weighted by Gasteiger charge is 2.09. The van der Waals surface area contributed by atoms with Gasteiger partial charge < -0.3 is 21.1 Å². The van der Waals surface area contributed by atoms with Crippen LogP contribution < -0.4 is 11.1 Å². The summed E-state index contributed by atoms with van der Waals surface area (Å²) in [4.78, 5) is 6.71. The van der Waals surface area contributed by atoms with Gasteiger partial charge in [-0.2, -0.15) is 0 Å². The van der Waals surface area contributed by atoms with E-state index in [9.17, 15) is 5.11 Å². The van der Waals surface area contributed by atoms with Crippen molar-refractivity contribution >= 4 is 23.1 Å². The average Bonchev–Trinajstić information content (AvgIpc) is 2.94. The molecule has 1 saturated heterocycles. The van der Waals surface area contributed by atoms with E-state index in [1.165, 1.54) is 32.0 Å². The number of hydrogen-bond acceptors (Lipinski definition) is 4. The minimum absolute atomic E-state index is 0.137. The van der Waals surface area contributed by atoms with Crippen LogP contribution in [0.3, 0.4) is 0 Å². The van der Waals surface area contributed by atoms with Crippen LogP contribution in [0.1, 0.15) is 12.8 Å². The van der Waals surface area contributed by atoms with Gasteiger partial charge in [0.15, 0.2) is 0 Å². The minimum Gasteiger partial charge on any atom is -0.508 e. The second-order valence-electron chi connectivity index (χ2n) is 5.00. The van der Waals surface area contributed by atoms with E-state index in [1.807, 2.05) is 0 Å². The second kappa shape index (κ2) is 7.90. The van der Waals surface area contributed by atoms with Crippen molar-refractivity contribution < 1.29 is 5.11 Å². The smallest absolute Gasteiger partial charge is 0.119 e. The Morgan fingerprint density at radius 3 is 2.90 bits per heavy atom. The normalized spacial score (nSPS) is 16.7. The molecule has 1 aromatic rings. The van der Waals surface area contributed by atoms with E-state index in [0.29, 0.717) is 16.5 Å². The van der Waals surface area contributed by atoms with Crippen LogP contribution in [0, 0.1) is 0 Å². The Labute approximate surface area is 130 Å². The molecule has 0 aliphatic carbocycles. The number of nitrogens with zero attached hydrogens (tertiary/aromatic N) is 2. The first kappa shape index (κ1) is 15.7. The largest absolute Gasteiger partial charge is 0.508 e. The number of aromatic hydroxyl groups is 1. The Morgan fingerprint density at radius 1 is 1.43 bits per heavy atom. The van der Waals surface area contributed by atoms with Crippen molar-refractivity contribution in [3.63, 3.8) is 0 Å². The zero-order valence-corrected chi connectivity index (χ0v) is 12.7. The average molecular weight is 309 g/mol. The van der Waals surface area contributed by atoms with Gasteiger partial charge in [0.25, 0.3) is 0 Å². The number of amidine groups is 1. The van der Waals surface area contributed by atoms with E-state index in [-0.39, 0.29) is 5.75 Å². The van der Waals surface area contributed by atoms with Crippen LogP contribution in [-0.2, 0) is 0 Å². The molecule has 1 aromatic carbocycles. The Kier molecular flexibility index (Phi) is 5.90. The summed E-state index contributed by atoms with van der Waals surface area (Å²) >= 11 is 5.98. The molecule has 1 fully saturated rings. The zero-order valence-electron chi connectivity index (χ0n) is 11.9. The molecule has 0 aromatic heterocycles. The number of rotatable bonds is 6. The Bertz CT molecular complexity index is 524. The van der Waals surface area contributed by atoms with Gasteiger partial charge in [0, 0.05) is 18.8 Å². The third kappa shape index (κ3) is 5.28. The van der Waals surface area contributed by atoms with Gasteiger partial charge >= 0.3 is 0 Å². The van der Waals surface area contributed by atoms with E-state index >= 15 is 0 Å². The maximum absolute atomic E-state index is 9.26. The summed E-state index contributed by atoms with van der Waals surface area (Å²) in [7, 11) is 0. The van der Waals surface area contributed by atoms with Crippen molar-refractivity contribution in [1.29, 1.82) is 0 Å². The summed E-state index contributed by atoms with van der Waals surface area (Å²) in [6.07, 6.45) is 5.97. The van der Waals surface area contributed by atoms with Gasteiger partial charge in [-0.1, -0.05) is 11.6 Å². The van der Waals surface area contributed by atoms with Crippen LogP contribution in [0.15, 0.2) is 35.5 Å². The fourth-order valence-corrected chi connectivity index (χ4v) is 2.45. The lowest BCUT2D eigenvalue weighted by molar-refractivity contribution is 0.349. The highest BCUT2D eigenvalue weighted by Crippen LogP contribution is 2.25. The summed E-state index contributed by atoms with van der Waals surface area (Å²) < 4.78 is 0. The zero-order chi connectivity index (χ0) is 15.1. The van der Waals surface area contributed by atoms with Gasteiger partial charge in [-0.05, 0) is 44.1 Å². The highest BCUT2D eigenvalue weighted by atomic mass is 35.5. The molecular formula is C15H21ClN4O. The van der Waals surface area contributed by atoms with Crippen molar-refractivity contribution in [1.82, 2.24) is 4.90 Å². The van der Waals surface area contributed by atoms with Crippen LogP contribution in [0.25, 0.3) is 0 Å². The van der Waals surface area contributed by atoms with E-state index in [2.05, 4.69) is 15.2 Å². The molecule has 114 valence electrons. The molecule has 1 heterocycles. The van der Waals surface area contributed by atoms with Crippen LogP contribution >= 0.6 is 11.6 Å². The summed E-state index contributed by atoms with van der Waals surface area (Å²) in [5.74, 6) is 0.620. The summed E-state index contributed by atoms with van der Waals surface area (Å²) in [5.41, 5.74) is 6.52. The third-order valence-electron chi connectivity index (χ3n) is 3.35. The fraction of sp³-hybridized carbons (Fsp3) is 0.400. The molecule has 1 aliphatic rings. The predicted octanol–water partition coefficient (Wildman–Crippen LogP) is 2.42. The summed E-state index contributed by atoms with van der Waals surface area (Å²) in [6, 6.07) is 4.74. The molecule has 6 heteroatoms. The molecule has 0 radical (unpaired) electrons. The first-order valence-electron chi connectivity index (χ1n) is 7.09. The van der Waals surface area contributed by atoms with Crippen LogP contribution in [-0.4, -0.2) is 42.0 Å². The molecule has 5 nitrogen and oxygen atoms in total. The SMILES string of the molecule is NC(/C=C\Nc1ccc(O)cc1Cl)=NCCN1CCCC1. The Balaban J connectivity index is 1.76. The highest BCUT2D eigenvalue weighted by molar-refractivity contribution is 6.33. The number of hydrogen-bond donors (Lipinski definition) is 3. The predicted molar refractivity (Wildman–Crippen MR) is 88.0 cm³/mol. The van der Waals surface area contributed by atoms with Gasteiger partial charge in [-0.15, -0.1) is 0 Å². The first-order valence-corrected chi connectivity index (χ1v) is 7.47. The summed E-state index contributed by atoms with van der Waals surface area (Å²) in [5, 5.41) is 12.7. The van der Waals surface area contributed by atoms with Crippen molar-refractivity contribution in [3.8, 4) is 5.75 Å². The first-order chi connectivity index (χ1) is 10.1. The molecule has 0 spiro atoms. The van der Waals surface area contributed by atoms with Crippen LogP contribution in [0.4, 0.5) is 5.69 Å².